The number of aliphatic carboxylic acids is 1. The van der Waals surface area contributed by atoms with Gasteiger partial charge in [0.1, 0.15) is 0 Å². The molecule has 0 aliphatic rings. The van der Waals surface area contributed by atoms with Gasteiger partial charge in [-0.3, -0.25) is 4.79 Å². The molecule has 0 unspecified atom stereocenters. The van der Waals surface area contributed by atoms with E-state index < -0.39 is 37.0 Å². The lowest BCUT2D eigenvalue weighted by Crippen LogP contribution is -2.27. The van der Waals surface area contributed by atoms with Crippen LogP contribution < -0.4 is 0 Å². The molecule has 0 saturated carbocycles. The Balaban J connectivity index is 2.75. The van der Waals surface area contributed by atoms with Gasteiger partial charge in [-0.15, -0.1) is 0 Å². The summed E-state index contributed by atoms with van der Waals surface area (Å²) in [6, 6.07) is 7.86. The fourth-order valence-electron chi connectivity index (χ4n) is 1.62. The summed E-state index contributed by atoms with van der Waals surface area (Å²) in [5, 5.41) is 18.1. The van der Waals surface area contributed by atoms with E-state index >= 15 is 0 Å². The summed E-state index contributed by atoms with van der Waals surface area (Å²) >= 11 is 0. The van der Waals surface area contributed by atoms with Crippen LogP contribution in [0.2, 0.25) is 0 Å². The minimum Gasteiger partial charge on any atom is -0.481 e. The topological polar surface area (TPSA) is 57.5 Å². The van der Waals surface area contributed by atoms with Gasteiger partial charge in [0.15, 0.2) is 0 Å². The predicted molar refractivity (Wildman–Crippen MR) is 57.8 cm³/mol. The molecule has 1 aromatic rings. The van der Waals surface area contributed by atoms with Crippen molar-refractivity contribution in [2.45, 2.75) is 25.1 Å². The molecule has 100 valence electrons. The molecule has 0 aliphatic carbocycles. The zero-order chi connectivity index (χ0) is 13.8. The zero-order valence-corrected chi connectivity index (χ0v) is 9.39. The first-order valence-corrected chi connectivity index (χ1v) is 5.32. The van der Waals surface area contributed by atoms with Crippen molar-refractivity contribution in [1.29, 1.82) is 0 Å². The highest BCUT2D eigenvalue weighted by atomic mass is 19.4. The lowest BCUT2D eigenvalue weighted by atomic mass is 9.94. The first-order chi connectivity index (χ1) is 8.30. The largest absolute Gasteiger partial charge is 0.481 e. The molecule has 0 amide bonds. The minimum absolute atomic E-state index is 0.345. The summed E-state index contributed by atoms with van der Waals surface area (Å²) in [6.45, 7) is 0. The Morgan fingerprint density at radius 2 is 1.78 bits per heavy atom. The smallest absolute Gasteiger partial charge is 0.392 e. The van der Waals surface area contributed by atoms with Crippen LogP contribution in [0, 0.1) is 5.92 Å². The Labute approximate surface area is 102 Å². The van der Waals surface area contributed by atoms with Crippen molar-refractivity contribution in [3.63, 3.8) is 0 Å². The van der Waals surface area contributed by atoms with Gasteiger partial charge in [0.25, 0.3) is 0 Å². The average Bonchev–Trinajstić information content (AvgIpc) is 2.27. The third kappa shape index (κ3) is 4.37. The Kier molecular flexibility index (Phi) is 4.72. The van der Waals surface area contributed by atoms with E-state index in [1.807, 2.05) is 0 Å². The van der Waals surface area contributed by atoms with Gasteiger partial charge in [-0.25, -0.2) is 0 Å². The summed E-state index contributed by atoms with van der Waals surface area (Å²) in [6.07, 6.45) is -7.64. The van der Waals surface area contributed by atoms with Crippen LogP contribution in [0.3, 0.4) is 0 Å². The maximum absolute atomic E-state index is 12.6. The van der Waals surface area contributed by atoms with Crippen molar-refractivity contribution >= 4 is 5.97 Å². The molecule has 2 N–H and O–H groups in total. The summed E-state index contributed by atoms with van der Waals surface area (Å²) in [4.78, 5) is 10.4. The molecule has 1 rings (SSSR count). The van der Waals surface area contributed by atoms with Crippen LogP contribution in [-0.4, -0.2) is 22.4 Å². The predicted octanol–water partition coefficient (Wildman–Crippen LogP) is 2.76. The monoisotopic (exact) mass is 262 g/mol. The van der Waals surface area contributed by atoms with Crippen molar-refractivity contribution in [3.05, 3.63) is 35.9 Å². The molecule has 2 atom stereocenters. The third-order valence-electron chi connectivity index (χ3n) is 2.58. The van der Waals surface area contributed by atoms with E-state index in [9.17, 15) is 23.1 Å². The second-order valence-corrected chi connectivity index (χ2v) is 4.00. The standard InChI is InChI=1S/C12H13F3O3/c13-12(14,15)9(7-11(17)18)6-10(16)8-4-2-1-3-5-8/h1-5,9-10,16H,6-7H2,(H,17,18)/t9-,10+/m0/s1. The molecule has 1 aromatic carbocycles. The number of rotatable bonds is 5. The molecule has 0 aliphatic heterocycles. The van der Waals surface area contributed by atoms with Gasteiger partial charge in [0.05, 0.1) is 18.4 Å². The van der Waals surface area contributed by atoms with E-state index in [1.54, 1.807) is 18.2 Å². The van der Waals surface area contributed by atoms with E-state index in [0.29, 0.717) is 5.56 Å². The van der Waals surface area contributed by atoms with Crippen LogP contribution in [0.25, 0.3) is 0 Å². The van der Waals surface area contributed by atoms with Gasteiger partial charge >= 0.3 is 12.1 Å². The van der Waals surface area contributed by atoms with Crippen LogP contribution in [0.4, 0.5) is 13.2 Å². The second kappa shape index (κ2) is 5.86. The molecular weight excluding hydrogens is 249 g/mol. The molecule has 0 saturated heterocycles. The van der Waals surface area contributed by atoms with Gasteiger partial charge in [-0.1, -0.05) is 30.3 Å². The average molecular weight is 262 g/mol. The maximum Gasteiger partial charge on any atom is 0.392 e. The van der Waals surface area contributed by atoms with Gasteiger partial charge in [-0.2, -0.15) is 13.2 Å². The Morgan fingerprint density at radius 1 is 1.22 bits per heavy atom. The number of hydrogen-bond donors (Lipinski definition) is 2. The van der Waals surface area contributed by atoms with Crippen LogP contribution in [-0.2, 0) is 4.79 Å². The number of halogens is 3. The number of carboxylic acids is 1. The lowest BCUT2D eigenvalue weighted by molar-refractivity contribution is -0.189. The number of aliphatic hydroxyl groups excluding tert-OH is 1. The summed E-state index contributed by atoms with van der Waals surface area (Å²) in [7, 11) is 0. The molecule has 0 bridgehead atoms. The Bertz CT molecular complexity index is 389. The summed E-state index contributed by atoms with van der Waals surface area (Å²) in [5.74, 6) is -3.58. The van der Waals surface area contributed by atoms with Crippen LogP contribution in [0.15, 0.2) is 30.3 Å². The van der Waals surface area contributed by atoms with Crippen LogP contribution in [0.1, 0.15) is 24.5 Å². The van der Waals surface area contributed by atoms with Crippen molar-refractivity contribution in [1.82, 2.24) is 0 Å². The number of carbonyl (C=O) groups is 1. The third-order valence-corrected chi connectivity index (χ3v) is 2.58. The summed E-state index contributed by atoms with van der Waals surface area (Å²) < 4.78 is 37.7. The van der Waals surface area contributed by atoms with Gasteiger partial charge < -0.3 is 10.2 Å². The molecule has 6 heteroatoms. The number of carboxylic acid groups (broad SMARTS) is 1. The quantitative estimate of drug-likeness (QED) is 0.857. The van der Waals surface area contributed by atoms with Crippen molar-refractivity contribution in [2.24, 2.45) is 5.92 Å². The van der Waals surface area contributed by atoms with Crippen LogP contribution >= 0.6 is 0 Å². The number of benzene rings is 1. The summed E-state index contributed by atoms with van der Waals surface area (Å²) in [5.41, 5.74) is 0.345. The fraction of sp³-hybridized carbons (Fsp3) is 0.417. The first kappa shape index (κ1) is 14.5. The highest BCUT2D eigenvalue weighted by Crippen LogP contribution is 2.35. The van der Waals surface area contributed by atoms with Gasteiger partial charge in [0.2, 0.25) is 0 Å². The Morgan fingerprint density at radius 3 is 2.22 bits per heavy atom. The van der Waals surface area contributed by atoms with Crippen molar-refractivity contribution in [3.8, 4) is 0 Å². The van der Waals surface area contributed by atoms with E-state index in [4.69, 9.17) is 5.11 Å². The van der Waals surface area contributed by atoms with Gasteiger partial charge in [-0.05, 0) is 12.0 Å². The molecule has 0 heterocycles. The number of alkyl halides is 3. The fourth-order valence-corrected chi connectivity index (χ4v) is 1.62. The van der Waals surface area contributed by atoms with E-state index in [0.717, 1.165) is 0 Å². The molecule has 18 heavy (non-hydrogen) atoms. The zero-order valence-electron chi connectivity index (χ0n) is 9.39. The number of aliphatic hydroxyl groups is 1. The van der Waals surface area contributed by atoms with E-state index in [1.165, 1.54) is 12.1 Å². The molecule has 0 fully saturated rings. The number of hydrogen-bond acceptors (Lipinski definition) is 2. The van der Waals surface area contributed by atoms with E-state index in [-0.39, 0.29) is 0 Å². The lowest BCUT2D eigenvalue weighted by Gasteiger charge is -2.21. The highest BCUT2D eigenvalue weighted by Gasteiger charge is 2.41. The molecule has 3 nitrogen and oxygen atoms in total. The highest BCUT2D eigenvalue weighted by molar-refractivity contribution is 5.67. The molecule has 0 radical (unpaired) electrons. The molecule has 0 aromatic heterocycles. The van der Waals surface area contributed by atoms with E-state index in [2.05, 4.69) is 0 Å². The van der Waals surface area contributed by atoms with Crippen molar-refractivity contribution in [2.75, 3.05) is 0 Å². The SMILES string of the molecule is O=C(O)C[C@H](C[C@@H](O)c1ccccc1)C(F)(F)F. The second-order valence-electron chi connectivity index (χ2n) is 4.00. The van der Waals surface area contributed by atoms with Crippen molar-refractivity contribution < 1.29 is 28.2 Å². The normalized spacial score (nSPS) is 15.1. The van der Waals surface area contributed by atoms with Gasteiger partial charge in [0, 0.05) is 0 Å². The molecular formula is C12H13F3O3. The minimum atomic E-state index is -4.63. The Hall–Kier alpha value is -1.56. The maximum atomic E-state index is 12.6. The first-order valence-electron chi connectivity index (χ1n) is 5.32. The molecule has 0 spiro atoms. The van der Waals surface area contributed by atoms with Crippen LogP contribution in [0.5, 0.6) is 0 Å².